The molecule has 1 heterocycles. The zero-order valence-electron chi connectivity index (χ0n) is 11.8. The first-order valence-corrected chi connectivity index (χ1v) is 7.29. The van der Waals surface area contributed by atoms with Gasteiger partial charge in [-0.05, 0) is 52.5 Å². The lowest BCUT2D eigenvalue weighted by molar-refractivity contribution is 0.0636. The molecule has 1 saturated carbocycles. The van der Waals surface area contributed by atoms with E-state index in [0.29, 0.717) is 17.0 Å². The molecule has 5 nitrogen and oxygen atoms in total. The molecule has 0 saturated heterocycles. The summed E-state index contributed by atoms with van der Waals surface area (Å²) in [5.74, 6) is 1.10. The summed E-state index contributed by atoms with van der Waals surface area (Å²) in [5, 5.41) is 3.29. The highest BCUT2D eigenvalue weighted by molar-refractivity contribution is 7.16. The standard InChI is InChI=1S/C13H21N3O2S/c1-7-10(9-5-8(9)6-14)19-11(15-7)16-12(17)18-13(2,3)4/h8-9H,5-6,14H2,1-4H3,(H,15,16,17). The molecule has 2 atom stereocenters. The number of hydrogen-bond acceptors (Lipinski definition) is 5. The molecule has 1 aromatic heterocycles. The van der Waals surface area contributed by atoms with E-state index in [-0.39, 0.29) is 0 Å². The van der Waals surface area contributed by atoms with Gasteiger partial charge in [0.25, 0.3) is 0 Å². The molecule has 2 unspecified atom stereocenters. The van der Waals surface area contributed by atoms with E-state index in [1.807, 2.05) is 27.7 Å². The van der Waals surface area contributed by atoms with Gasteiger partial charge < -0.3 is 10.5 Å². The molecule has 2 rings (SSSR count). The number of carbonyl (C=O) groups excluding carboxylic acids is 1. The number of nitrogens with one attached hydrogen (secondary N) is 1. The average Bonchev–Trinajstić information content (AvgIpc) is 2.94. The van der Waals surface area contributed by atoms with Crippen molar-refractivity contribution in [3.8, 4) is 0 Å². The molecule has 1 aromatic rings. The Morgan fingerprint density at radius 2 is 2.26 bits per heavy atom. The topological polar surface area (TPSA) is 77.2 Å². The molecule has 0 spiro atoms. The number of anilines is 1. The highest BCUT2D eigenvalue weighted by atomic mass is 32.1. The molecule has 0 aromatic carbocycles. The van der Waals surface area contributed by atoms with Crippen LogP contribution in [0.25, 0.3) is 0 Å². The number of nitrogens with two attached hydrogens (primary N) is 1. The van der Waals surface area contributed by atoms with Gasteiger partial charge in [0.15, 0.2) is 5.13 Å². The van der Waals surface area contributed by atoms with E-state index in [9.17, 15) is 4.79 Å². The van der Waals surface area contributed by atoms with Gasteiger partial charge in [0.1, 0.15) is 5.60 Å². The fraction of sp³-hybridized carbons (Fsp3) is 0.692. The fourth-order valence-corrected chi connectivity index (χ4v) is 3.18. The molecule has 19 heavy (non-hydrogen) atoms. The zero-order valence-corrected chi connectivity index (χ0v) is 12.6. The van der Waals surface area contributed by atoms with Crippen LogP contribution in [0.15, 0.2) is 0 Å². The first kappa shape index (κ1) is 14.3. The van der Waals surface area contributed by atoms with Gasteiger partial charge >= 0.3 is 6.09 Å². The fourth-order valence-electron chi connectivity index (χ4n) is 2.03. The number of aromatic nitrogens is 1. The summed E-state index contributed by atoms with van der Waals surface area (Å²) in [6, 6.07) is 0. The van der Waals surface area contributed by atoms with Crippen molar-refractivity contribution >= 4 is 22.6 Å². The third kappa shape index (κ3) is 3.67. The van der Waals surface area contributed by atoms with Crippen LogP contribution in [0.2, 0.25) is 0 Å². The maximum absolute atomic E-state index is 11.7. The van der Waals surface area contributed by atoms with Gasteiger partial charge in [-0.15, -0.1) is 11.3 Å². The van der Waals surface area contributed by atoms with E-state index >= 15 is 0 Å². The second-order valence-electron chi connectivity index (χ2n) is 5.93. The lowest BCUT2D eigenvalue weighted by Gasteiger charge is -2.18. The van der Waals surface area contributed by atoms with Crippen molar-refractivity contribution in [1.29, 1.82) is 0 Å². The molecule has 1 aliphatic carbocycles. The Kier molecular flexibility index (Phi) is 3.82. The van der Waals surface area contributed by atoms with Crippen LogP contribution in [-0.2, 0) is 4.74 Å². The number of rotatable bonds is 3. The second kappa shape index (κ2) is 5.09. The van der Waals surface area contributed by atoms with Crippen LogP contribution in [0.1, 0.15) is 43.7 Å². The number of amides is 1. The number of aryl methyl sites for hydroxylation is 1. The van der Waals surface area contributed by atoms with Crippen molar-refractivity contribution in [3.63, 3.8) is 0 Å². The van der Waals surface area contributed by atoms with Crippen LogP contribution in [0.4, 0.5) is 9.93 Å². The molecule has 106 valence electrons. The first-order valence-electron chi connectivity index (χ1n) is 6.47. The summed E-state index contributed by atoms with van der Waals surface area (Å²) in [5.41, 5.74) is 6.15. The Morgan fingerprint density at radius 3 is 2.79 bits per heavy atom. The van der Waals surface area contributed by atoms with Crippen molar-refractivity contribution in [2.24, 2.45) is 11.7 Å². The van der Waals surface area contributed by atoms with Gasteiger partial charge in [0, 0.05) is 4.88 Å². The van der Waals surface area contributed by atoms with Gasteiger partial charge in [-0.3, -0.25) is 5.32 Å². The Hall–Kier alpha value is -1.14. The van der Waals surface area contributed by atoms with E-state index in [2.05, 4.69) is 10.3 Å². The first-order chi connectivity index (χ1) is 8.80. The molecule has 0 bridgehead atoms. The Morgan fingerprint density at radius 1 is 1.58 bits per heavy atom. The molecule has 3 N–H and O–H groups in total. The third-order valence-corrected chi connectivity index (χ3v) is 4.21. The largest absolute Gasteiger partial charge is 0.444 e. The van der Waals surface area contributed by atoms with E-state index < -0.39 is 11.7 Å². The van der Waals surface area contributed by atoms with E-state index in [1.165, 1.54) is 16.2 Å². The van der Waals surface area contributed by atoms with Crippen LogP contribution in [0.5, 0.6) is 0 Å². The van der Waals surface area contributed by atoms with Crippen LogP contribution in [0.3, 0.4) is 0 Å². The summed E-state index contributed by atoms with van der Waals surface area (Å²) >= 11 is 1.52. The lowest BCUT2D eigenvalue weighted by atomic mass is 10.2. The van der Waals surface area contributed by atoms with Gasteiger partial charge in [-0.25, -0.2) is 9.78 Å². The summed E-state index contributed by atoms with van der Waals surface area (Å²) in [7, 11) is 0. The van der Waals surface area contributed by atoms with Gasteiger partial charge in [-0.1, -0.05) is 0 Å². The predicted molar refractivity (Wildman–Crippen MR) is 76.6 cm³/mol. The zero-order chi connectivity index (χ0) is 14.2. The minimum absolute atomic E-state index is 0.459. The Labute approximate surface area is 117 Å². The smallest absolute Gasteiger partial charge is 0.413 e. The summed E-state index contributed by atoms with van der Waals surface area (Å²) in [4.78, 5) is 17.3. The van der Waals surface area contributed by atoms with Gasteiger partial charge in [0.05, 0.1) is 5.69 Å². The third-order valence-electron chi connectivity index (χ3n) is 3.00. The summed E-state index contributed by atoms with van der Waals surface area (Å²) in [6.45, 7) is 8.19. The Balaban J connectivity index is 1.99. The maximum Gasteiger partial charge on any atom is 0.413 e. The number of thiazole rings is 1. The highest BCUT2D eigenvalue weighted by Crippen LogP contribution is 2.50. The number of carbonyl (C=O) groups is 1. The Bertz CT molecular complexity index is 479. The summed E-state index contributed by atoms with van der Waals surface area (Å²) < 4.78 is 5.21. The molecule has 1 fully saturated rings. The van der Waals surface area contributed by atoms with Crippen LogP contribution in [-0.4, -0.2) is 23.2 Å². The molecule has 0 aliphatic heterocycles. The van der Waals surface area contributed by atoms with E-state index in [1.54, 1.807) is 0 Å². The molecule has 6 heteroatoms. The number of nitrogens with zero attached hydrogens (tertiary/aromatic N) is 1. The number of ether oxygens (including phenoxy) is 1. The van der Waals surface area contributed by atoms with E-state index in [0.717, 1.165) is 18.7 Å². The second-order valence-corrected chi connectivity index (χ2v) is 6.96. The predicted octanol–water partition coefficient (Wildman–Crippen LogP) is 2.86. The van der Waals surface area contributed by atoms with Crippen molar-refractivity contribution in [2.75, 3.05) is 11.9 Å². The highest BCUT2D eigenvalue weighted by Gasteiger charge is 2.39. The van der Waals surface area contributed by atoms with Crippen molar-refractivity contribution in [1.82, 2.24) is 4.98 Å². The molecule has 1 aliphatic rings. The molecule has 0 radical (unpaired) electrons. The lowest BCUT2D eigenvalue weighted by Crippen LogP contribution is -2.27. The van der Waals surface area contributed by atoms with Gasteiger partial charge in [-0.2, -0.15) is 0 Å². The normalized spacial score (nSPS) is 22.2. The van der Waals surface area contributed by atoms with E-state index in [4.69, 9.17) is 10.5 Å². The SMILES string of the molecule is Cc1nc(NC(=O)OC(C)(C)C)sc1C1CC1CN. The number of hydrogen-bond donors (Lipinski definition) is 2. The van der Waals surface area contributed by atoms with Crippen molar-refractivity contribution in [2.45, 2.75) is 45.6 Å². The summed E-state index contributed by atoms with van der Waals surface area (Å²) in [6.07, 6.45) is 0.671. The minimum Gasteiger partial charge on any atom is -0.444 e. The van der Waals surface area contributed by atoms with Crippen LogP contribution in [0, 0.1) is 12.8 Å². The van der Waals surface area contributed by atoms with Crippen molar-refractivity contribution < 1.29 is 9.53 Å². The average molecular weight is 283 g/mol. The molecular weight excluding hydrogens is 262 g/mol. The molecular formula is C13H21N3O2S. The maximum atomic E-state index is 11.7. The van der Waals surface area contributed by atoms with Crippen molar-refractivity contribution in [3.05, 3.63) is 10.6 Å². The minimum atomic E-state index is -0.500. The molecule has 1 amide bonds. The monoisotopic (exact) mass is 283 g/mol. The van der Waals surface area contributed by atoms with Gasteiger partial charge in [0.2, 0.25) is 0 Å². The quantitative estimate of drug-likeness (QED) is 0.894. The van der Waals surface area contributed by atoms with Crippen LogP contribution >= 0.6 is 11.3 Å². The van der Waals surface area contributed by atoms with Crippen LogP contribution < -0.4 is 11.1 Å².